The lowest BCUT2D eigenvalue weighted by atomic mass is 10.1. The first kappa shape index (κ1) is 24.2. The van der Waals surface area contributed by atoms with E-state index in [0.29, 0.717) is 12.5 Å². The standard InChI is InChI=1S/C20H32N6O.HI/c1-6-21-20(22-12-19-25-23-14-26(19)7-2)24-16(5)17-8-10-18(11-9-17)27-13-15(3)4;/h8-11,14-16H,6-7,12-13H2,1-5H3,(H2,21,22,24);1H. The second-order valence-corrected chi connectivity index (χ2v) is 6.87. The molecule has 0 aliphatic heterocycles. The summed E-state index contributed by atoms with van der Waals surface area (Å²) in [6, 6.07) is 8.33. The van der Waals surface area contributed by atoms with Gasteiger partial charge in [-0.25, -0.2) is 4.99 Å². The first-order valence-electron chi connectivity index (χ1n) is 9.67. The minimum absolute atomic E-state index is 0. The van der Waals surface area contributed by atoms with E-state index >= 15 is 0 Å². The van der Waals surface area contributed by atoms with E-state index in [2.05, 4.69) is 72.6 Å². The minimum atomic E-state index is 0. The molecule has 156 valence electrons. The molecule has 2 N–H and O–H groups in total. The van der Waals surface area contributed by atoms with Crippen LogP contribution in [0.25, 0.3) is 0 Å². The number of guanidine groups is 1. The summed E-state index contributed by atoms with van der Waals surface area (Å²) in [5.41, 5.74) is 1.18. The Morgan fingerprint density at radius 2 is 1.89 bits per heavy atom. The number of hydrogen-bond acceptors (Lipinski definition) is 4. The fourth-order valence-corrected chi connectivity index (χ4v) is 2.54. The molecule has 0 bridgehead atoms. The number of benzene rings is 1. The van der Waals surface area contributed by atoms with Gasteiger partial charge < -0.3 is 19.9 Å². The molecule has 28 heavy (non-hydrogen) atoms. The highest BCUT2D eigenvalue weighted by atomic mass is 127. The lowest BCUT2D eigenvalue weighted by Gasteiger charge is -2.18. The van der Waals surface area contributed by atoms with Gasteiger partial charge in [0.2, 0.25) is 0 Å². The molecule has 0 amide bonds. The van der Waals surface area contributed by atoms with Gasteiger partial charge >= 0.3 is 0 Å². The van der Waals surface area contributed by atoms with Crippen molar-refractivity contribution in [1.82, 2.24) is 25.4 Å². The number of aromatic nitrogens is 3. The van der Waals surface area contributed by atoms with E-state index in [-0.39, 0.29) is 30.0 Å². The topological polar surface area (TPSA) is 76.4 Å². The van der Waals surface area contributed by atoms with E-state index in [1.54, 1.807) is 6.33 Å². The van der Waals surface area contributed by atoms with E-state index in [0.717, 1.165) is 37.2 Å². The molecule has 7 nitrogen and oxygen atoms in total. The molecule has 1 aromatic heterocycles. The molecule has 0 radical (unpaired) electrons. The number of nitrogens with one attached hydrogen (secondary N) is 2. The smallest absolute Gasteiger partial charge is 0.192 e. The van der Waals surface area contributed by atoms with Crippen LogP contribution in [0.3, 0.4) is 0 Å². The van der Waals surface area contributed by atoms with Gasteiger partial charge in [-0.05, 0) is 44.4 Å². The lowest BCUT2D eigenvalue weighted by Crippen LogP contribution is -2.38. The molecule has 0 saturated carbocycles. The number of nitrogens with zero attached hydrogens (tertiary/aromatic N) is 4. The van der Waals surface area contributed by atoms with Gasteiger partial charge in [-0.15, -0.1) is 34.2 Å². The monoisotopic (exact) mass is 500 g/mol. The van der Waals surface area contributed by atoms with E-state index in [9.17, 15) is 0 Å². The SMILES string of the molecule is CCNC(=NCc1nncn1CC)NC(C)c1ccc(OCC(C)C)cc1.I. The van der Waals surface area contributed by atoms with Crippen molar-refractivity contribution in [2.45, 2.75) is 53.8 Å². The van der Waals surface area contributed by atoms with E-state index in [1.807, 2.05) is 16.7 Å². The number of aryl methyl sites for hydroxylation is 1. The summed E-state index contributed by atoms with van der Waals surface area (Å²) >= 11 is 0. The molecule has 1 atom stereocenters. The number of rotatable bonds is 9. The first-order valence-corrected chi connectivity index (χ1v) is 9.67. The maximum absolute atomic E-state index is 5.75. The normalized spacial score (nSPS) is 12.4. The van der Waals surface area contributed by atoms with Crippen molar-refractivity contribution in [3.63, 3.8) is 0 Å². The second-order valence-electron chi connectivity index (χ2n) is 6.87. The summed E-state index contributed by atoms with van der Waals surface area (Å²) in [6.07, 6.45) is 1.73. The number of ether oxygens (including phenoxy) is 1. The predicted octanol–water partition coefficient (Wildman–Crippen LogP) is 3.77. The molecule has 1 heterocycles. The molecule has 1 unspecified atom stereocenters. The number of aliphatic imine (C=N–C) groups is 1. The average Bonchev–Trinajstić information content (AvgIpc) is 3.12. The van der Waals surface area contributed by atoms with Crippen LogP contribution in [0.5, 0.6) is 5.75 Å². The molecule has 2 rings (SSSR count). The maximum atomic E-state index is 5.75. The Kier molecular flexibility index (Phi) is 10.9. The molecular formula is C20H33IN6O. The highest BCUT2D eigenvalue weighted by Crippen LogP contribution is 2.18. The van der Waals surface area contributed by atoms with Crippen molar-refractivity contribution >= 4 is 29.9 Å². The number of halogens is 1. The van der Waals surface area contributed by atoms with Crippen LogP contribution in [0.4, 0.5) is 0 Å². The Morgan fingerprint density at radius 1 is 1.18 bits per heavy atom. The van der Waals surface area contributed by atoms with Crippen molar-refractivity contribution in [3.8, 4) is 5.75 Å². The van der Waals surface area contributed by atoms with Gasteiger partial charge in [0.1, 0.15) is 18.6 Å². The summed E-state index contributed by atoms with van der Waals surface area (Å²) in [4.78, 5) is 4.64. The summed E-state index contributed by atoms with van der Waals surface area (Å²) in [7, 11) is 0. The van der Waals surface area contributed by atoms with Crippen LogP contribution in [-0.4, -0.2) is 33.9 Å². The summed E-state index contributed by atoms with van der Waals surface area (Å²) in [6.45, 7) is 13.4. The zero-order valence-electron chi connectivity index (χ0n) is 17.5. The molecule has 0 fully saturated rings. The molecule has 0 saturated heterocycles. The molecule has 0 spiro atoms. The predicted molar refractivity (Wildman–Crippen MR) is 124 cm³/mol. The Hall–Kier alpha value is -1.84. The molecule has 2 aromatic rings. The second kappa shape index (κ2) is 12.6. The van der Waals surface area contributed by atoms with Crippen LogP contribution in [0.1, 0.15) is 52.0 Å². The van der Waals surface area contributed by atoms with Crippen LogP contribution in [0.15, 0.2) is 35.6 Å². The third-order valence-corrected chi connectivity index (χ3v) is 4.08. The number of hydrogen-bond donors (Lipinski definition) is 2. The Morgan fingerprint density at radius 3 is 2.50 bits per heavy atom. The summed E-state index contributed by atoms with van der Waals surface area (Å²) in [5, 5.41) is 14.8. The average molecular weight is 500 g/mol. The molecule has 1 aromatic carbocycles. The molecular weight excluding hydrogens is 467 g/mol. The van der Waals surface area contributed by atoms with Crippen LogP contribution in [-0.2, 0) is 13.1 Å². The fourth-order valence-electron chi connectivity index (χ4n) is 2.54. The van der Waals surface area contributed by atoms with Gasteiger partial charge in [0, 0.05) is 13.1 Å². The first-order chi connectivity index (χ1) is 13.0. The maximum Gasteiger partial charge on any atom is 0.192 e. The van der Waals surface area contributed by atoms with Crippen LogP contribution in [0.2, 0.25) is 0 Å². The highest BCUT2D eigenvalue weighted by molar-refractivity contribution is 14.0. The molecule has 0 aliphatic carbocycles. The van der Waals surface area contributed by atoms with Crippen molar-refractivity contribution in [2.75, 3.05) is 13.2 Å². The Labute approximate surface area is 185 Å². The van der Waals surface area contributed by atoms with Crippen molar-refractivity contribution in [2.24, 2.45) is 10.9 Å². The zero-order chi connectivity index (χ0) is 19.6. The Bertz CT molecular complexity index is 714. The zero-order valence-corrected chi connectivity index (χ0v) is 19.8. The summed E-state index contributed by atoms with van der Waals surface area (Å²) < 4.78 is 7.74. The Balaban J connectivity index is 0.00000392. The van der Waals surface area contributed by atoms with Gasteiger partial charge in [0.05, 0.1) is 12.6 Å². The van der Waals surface area contributed by atoms with Gasteiger partial charge in [-0.2, -0.15) is 0 Å². The third-order valence-electron chi connectivity index (χ3n) is 4.08. The van der Waals surface area contributed by atoms with Crippen LogP contribution in [0, 0.1) is 5.92 Å². The van der Waals surface area contributed by atoms with Crippen molar-refractivity contribution < 1.29 is 4.74 Å². The van der Waals surface area contributed by atoms with E-state index < -0.39 is 0 Å². The van der Waals surface area contributed by atoms with Crippen LogP contribution < -0.4 is 15.4 Å². The van der Waals surface area contributed by atoms with E-state index in [4.69, 9.17) is 4.74 Å². The summed E-state index contributed by atoms with van der Waals surface area (Å²) in [5.74, 6) is 3.03. The highest BCUT2D eigenvalue weighted by Gasteiger charge is 2.09. The van der Waals surface area contributed by atoms with Crippen molar-refractivity contribution in [3.05, 3.63) is 42.0 Å². The van der Waals surface area contributed by atoms with Gasteiger partial charge in [-0.3, -0.25) is 0 Å². The molecule has 0 aliphatic rings. The lowest BCUT2D eigenvalue weighted by molar-refractivity contribution is 0.271. The van der Waals surface area contributed by atoms with Gasteiger partial charge in [-0.1, -0.05) is 26.0 Å². The molecule has 8 heteroatoms. The largest absolute Gasteiger partial charge is 0.493 e. The van der Waals surface area contributed by atoms with Crippen LogP contribution >= 0.6 is 24.0 Å². The minimum Gasteiger partial charge on any atom is -0.493 e. The van der Waals surface area contributed by atoms with Crippen molar-refractivity contribution in [1.29, 1.82) is 0 Å². The quantitative estimate of drug-likeness (QED) is 0.312. The van der Waals surface area contributed by atoms with Gasteiger partial charge in [0.25, 0.3) is 0 Å². The van der Waals surface area contributed by atoms with Gasteiger partial charge in [0.15, 0.2) is 11.8 Å². The van der Waals surface area contributed by atoms with E-state index in [1.165, 1.54) is 5.56 Å². The fraction of sp³-hybridized carbons (Fsp3) is 0.550. The third kappa shape index (κ3) is 7.65.